The zero-order valence-corrected chi connectivity index (χ0v) is 20.7. The van der Waals surface area contributed by atoms with E-state index in [0.29, 0.717) is 27.5 Å². The van der Waals surface area contributed by atoms with Gasteiger partial charge in [-0.25, -0.2) is 9.18 Å². The summed E-state index contributed by atoms with van der Waals surface area (Å²) in [6.45, 7) is -0.0183. The Bertz CT molecular complexity index is 1620. The molecule has 1 aromatic heterocycles. The third-order valence-electron chi connectivity index (χ3n) is 5.45. The van der Waals surface area contributed by atoms with Crippen molar-refractivity contribution in [2.75, 3.05) is 0 Å². The number of hydrogen-bond donors (Lipinski definition) is 1. The van der Waals surface area contributed by atoms with E-state index in [4.69, 9.17) is 20.8 Å². The van der Waals surface area contributed by atoms with Gasteiger partial charge in [-0.05, 0) is 65.0 Å². The number of nitrogens with zero attached hydrogens (tertiary/aromatic N) is 2. The molecule has 0 unspecified atom stereocenters. The van der Waals surface area contributed by atoms with Crippen molar-refractivity contribution in [3.8, 4) is 17.2 Å². The first-order chi connectivity index (χ1) is 18.0. The molecule has 0 aliphatic carbocycles. The average molecular weight is 533 g/mol. The first-order valence-corrected chi connectivity index (χ1v) is 12.3. The van der Waals surface area contributed by atoms with Gasteiger partial charge in [0.15, 0.2) is 0 Å². The third-order valence-corrected chi connectivity index (χ3v) is 6.56. The summed E-state index contributed by atoms with van der Waals surface area (Å²) >= 11 is 6.76. The maximum Gasteiger partial charge on any atom is 0.342 e. The summed E-state index contributed by atoms with van der Waals surface area (Å²) in [5.74, 6) is -0.907. The fraction of sp³-hybridized carbons (Fsp3) is 0.0357. The van der Waals surface area contributed by atoms with Crippen LogP contribution in [-0.4, -0.2) is 21.3 Å². The molecule has 9 heteroatoms. The van der Waals surface area contributed by atoms with Crippen molar-refractivity contribution in [3.05, 3.63) is 112 Å². The Morgan fingerprint density at radius 2 is 1.76 bits per heavy atom. The van der Waals surface area contributed by atoms with E-state index in [1.807, 2.05) is 30.3 Å². The summed E-state index contributed by atoms with van der Waals surface area (Å²) in [4.78, 5) is 12.2. The Kier molecular flexibility index (Phi) is 7.20. The molecule has 0 atom stereocenters. The molecule has 184 valence electrons. The van der Waals surface area contributed by atoms with Gasteiger partial charge in [0.25, 0.3) is 5.22 Å². The zero-order chi connectivity index (χ0) is 25.8. The van der Waals surface area contributed by atoms with E-state index in [2.05, 4.69) is 10.2 Å². The molecule has 6 nitrogen and oxygen atoms in total. The van der Waals surface area contributed by atoms with Crippen LogP contribution in [0.25, 0.3) is 28.3 Å². The molecule has 0 fully saturated rings. The predicted molar refractivity (Wildman–Crippen MR) is 141 cm³/mol. The lowest BCUT2D eigenvalue weighted by Gasteiger charge is -2.13. The number of carbonyl (C=O) groups is 1. The highest BCUT2D eigenvalue weighted by atomic mass is 35.5. The fourth-order valence-corrected chi connectivity index (χ4v) is 4.42. The van der Waals surface area contributed by atoms with Crippen molar-refractivity contribution in [2.45, 2.75) is 11.8 Å². The Hall–Kier alpha value is -4.14. The van der Waals surface area contributed by atoms with E-state index in [1.54, 1.807) is 48.5 Å². The van der Waals surface area contributed by atoms with E-state index in [1.165, 1.54) is 12.1 Å². The van der Waals surface area contributed by atoms with Gasteiger partial charge in [0, 0.05) is 21.7 Å². The third kappa shape index (κ3) is 5.66. The normalized spacial score (nSPS) is 11.6. The van der Waals surface area contributed by atoms with E-state index in [0.717, 1.165) is 22.5 Å². The maximum absolute atomic E-state index is 14.1. The first-order valence-electron chi connectivity index (χ1n) is 11.1. The van der Waals surface area contributed by atoms with Gasteiger partial charge < -0.3 is 14.3 Å². The van der Waals surface area contributed by atoms with Crippen LogP contribution in [0.1, 0.15) is 11.1 Å². The van der Waals surface area contributed by atoms with Crippen LogP contribution in [0.2, 0.25) is 5.02 Å². The van der Waals surface area contributed by atoms with Gasteiger partial charge in [-0.2, -0.15) is 0 Å². The Balaban J connectivity index is 1.49. The number of aromatic nitrogens is 2. The number of ether oxygens (including phenoxy) is 1. The zero-order valence-electron chi connectivity index (χ0n) is 19.1. The molecular weight excluding hydrogens is 515 g/mol. The molecule has 0 radical (unpaired) electrons. The lowest BCUT2D eigenvalue weighted by atomic mass is 10.0. The minimum Gasteiger partial charge on any atom is -0.488 e. The van der Waals surface area contributed by atoms with Gasteiger partial charge in [-0.15, -0.1) is 10.2 Å². The molecule has 0 saturated heterocycles. The number of rotatable bonds is 8. The Morgan fingerprint density at radius 1 is 1.00 bits per heavy atom. The number of hydrogen-bond acceptors (Lipinski definition) is 6. The predicted octanol–water partition coefficient (Wildman–Crippen LogP) is 7.48. The molecule has 5 aromatic rings. The number of aliphatic carboxylic acids is 1. The van der Waals surface area contributed by atoms with Crippen LogP contribution >= 0.6 is 23.4 Å². The molecule has 0 aliphatic rings. The molecule has 0 bridgehead atoms. The van der Waals surface area contributed by atoms with Gasteiger partial charge in [0.1, 0.15) is 23.1 Å². The Labute approximate surface area is 220 Å². The summed E-state index contributed by atoms with van der Waals surface area (Å²) in [5.41, 5.74) is 1.58. The minimum atomic E-state index is -1.18. The SMILES string of the molecule is O=C(O)/C(=C/c1c(OCc2ccccc2F)ccc2ccccc12)Sc1nnc(-c2ccc(Cl)cc2)o1. The summed E-state index contributed by atoms with van der Waals surface area (Å²) in [5, 5.41) is 20.3. The molecule has 1 N–H and O–H groups in total. The Morgan fingerprint density at radius 3 is 2.54 bits per heavy atom. The van der Waals surface area contributed by atoms with Crippen molar-refractivity contribution in [2.24, 2.45) is 0 Å². The lowest BCUT2D eigenvalue weighted by Crippen LogP contribution is -2.01. The summed E-state index contributed by atoms with van der Waals surface area (Å²) in [6, 6.07) is 24.3. The number of thioether (sulfide) groups is 1. The van der Waals surface area contributed by atoms with Gasteiger partial charge in [-0.1, -0.05) is 60.1 Å². The highest BCUT2D eigenvalue weighted by molar-refractivity contribution is 8.03. The standard InChI is InChI=1S/C28H18ClFN2O4S/c29-20-12-9-18(10-13-20)26-31-32-28(36-26)37-25(27(33)34)15-22-21-7-3-1-5-17(21)11-14-24(22)35-16-19-6-2-4-8-23(19)30/h1-15H,16H2,(H,33,34)/b25-15-. The monoisotopic (exact) mass is 532 g/mol. The van der Waals surface area contributed by atoms with Gasteiger partial charge in [0.05, 0.1) is 0 Å². The lowest BCUT2D eigenvalue weighted by molar-refractivity contribution is -0.131. The largest absolute Gasteiger partial charge is 0.488 e. The second-order valence-electron chi connectivity index (χ2n) is 7.87. The van der Waals surface area contributed by atoms with Crippen LogP contribution < -0.4 is 4.74 Å². The van der Waals surface area contributed by atoms with Crippen molar-refractivity contribution in [3.63, 3.8) is 0 Å². The number of carboxylic acids is 1. The van der Waals surface area contributed by atoms with Gasteiger partial charge in [0.2, 0.25) is 5.89 Å². The number of benzene rings is 4. The molecule has 1 heterocycles. The molecule has 0 amide bonds. The molecule has 0 spiro atoms. The van der Waals surface area contributed by atoms with Gasteiger partial charge >= 0.3 is 5.97 Å². The van der Waals surface area contributed by atoms with Crippen LogP contribution in [0.3, 0.4) is 0 Å². The minimum absolute atomic E-state index is 0.0183. The molecule has 4 aromatic carbocycles. The fourth-order valence-electron chi connectivity index (χ4n) is 3.64. The molecule has 5 rings (SSSR count). The quantitative estimate of drug-likeness (QED) is 0.164. The van der Waals surface area contributed by atoms with E-state index >= 15 is 0 Å². The number of carboxylic acid groups (broad SMARTS) is 1. The second kappa shape index (κ2) is 10.9. The van der Waals surface area contributed by atoms with E-state index < -0.39 is 5.97 Å². The van der Waals surface area contributed by atoms with Gasteiger partial charge in [-0.3, -0.25) is 0 Å². The van der Waals surface area contributed by atoms with Crippen LogP contribution in [0.4, 0.5) is 4.39 Å². The number of fused-ring (bicyclic) bond motifs is 1. The average Bonchev–Trinajstić information content (AvgIpc) is 3.37. The second-order valence-corrected chi connectivity index (χ2v) is 9.30. The van der Waals surface area contributed by atoms with Crippen LogP contribution in [0.15, 0.2) is 99.5 Å². The molecule has 0 saturated carbocycles. The van der Waals surface area contributed by atoms with Crippen LogP contribution in [-0.2, 0) is 11.4 Å². The van der Waals surface area contributed by atoms with Crippen molar-refractivity contribution in [1.29, 1.82) is 0 Å². The summed E-state index contributed by atoms with van der Waals surface area (Å²) in [7, 11) is 0. The molecule has 0 aliphatic heterocycles. The molecule has 37 heavy (non-hydrogen) atoms. The summed E-state index contributed by atoms with van der Waals surface area (Å²) in [6.07, 6.45) is 1.50. The highest BCUT2D eigenvalue weighted by Gasteiger charge is 2.18. The smallest absolute Gasteiger partial charge is 0.342 e. The van der Waals surface area contributed by atoms with E-state index in [9.17, 15) is 14.3 Å². The molecular formula is C28H18ClFN2O4S. The maximum atomic E-state index is 14.1. The van der Waals surface area contributed by atoms with Crippen molar-refractivity contribution >= 4 is 46.2 Å². The van der Waals surface area contributed by atoms with Crippen molar-refractivity contribution < 1.29 is 23.4 Å². The van der Waals surface area contributed by atoms with E-state index in [-0.39, 0.29) is 28.4 Å². The van der Waals surface area contributed by atoms with Crippen LogP contribution in [0.5, 0.6) is 5.75 Å². The highest BCUT2D eigenvalue weighted by Crippen LogP contribution is 2.35. The van der Waals surface area contributed by atoms with Crippen LogP contribution in [0, 0.1) is 5.82 Å². The topological polar surface area (TPSA) is 85.5 Å². The number of halogens is 2. The van der Waals surface area contributed by atoms with Crippen molar-refractivity contribution in [1.82, 2.24) is 10.2 Å². The first kappa shape index (κ1) is 24.5. The summed E-state index contributed by atoms with van der Waals surface area (Å²) < 4.78 is 25.8.